The number of rotatable bonds is 5. The van der Waals surface area contributed by atoms with E-state index in [9.17, 15) is 9.59 Å². The number of furan rings is 1. The number of methoxy groups -OCH3 is 2. The molecule has 3 heterocycles. The van der Waals surface area contributed by atoms with Crippen LogP contribution in [-0.4, -0.2) is 24.8 Å². The minimum atomic E-state index is -0.714. The van der Waals surface area contributed by atoms with E-state index in [0.717, 1.165) is 5.56 Å². The number of carbonyl (C=O) groups is 1. The normalized spacial score (nSPS) is 15.4. The van der Waals surface area contributed by atoms with Crippen molar-refractivity contribution in [1.82, 2.24) is 4.57 Å². The van der Waals surface area contributed by atoms with E-state index in [4.69, 9.17) is 37.1 Å². The molecule has 0 fully saturated rings. The van der Waals surface area contributed by atoms with Crippen molar-refractivity contribution in [2.75, 3.05) is 14.2 Å². The Bertz CT molecular complexity index is 1730. The van der Waals surface area contributed by atoms with Crippen LogP contribution in [-0.2, 0) is 9.53 Å². The van der Waals surface area contributed by atoms with Gasteiger partial charge in [-0.15, -0.1) is 0 Å². The van der Waals surface area contributed by atoms with Crippen LogP contribution in [0.4, 0.5) is 0 Å². The molecule has 1 aliphatic heterocycles. The van der Waals surface area contributed by atoms with Crippen LogP contribution in [0.2, 0.25) is 10.0 Å². The lowest BCUT2D eigenvalue weighted by Gasteiger charge is -2.24. The molecule has 2 aromatic carbocycles. The maximum atomic E-state index is 13.7. The highest BCUT2D eigenvalue weighted by Gasteiger charge is 2.33. The average molecular weight is 555 g/mol. The van der Waals surface area contributed by atoms with Crippen LogP contribution in [0.3, 0.4) is 0 Å². The lowest BCUT2D eigenvalue weighted by molar-refractivity contribution is -0.136. The minimum absolute atomic E-state index is 0.294. The zero-order valence-corrected chi connectivity index (χ0v) is 22.3. The Hall–Kier alpha value is -3.59. The van der Waals surface area contributed by atoms with Crippen LogP contribution in [0.1, 0.15) is 24.3 Å². The predicted molar refractivity (Wildman–Crippen MR) is 143 cm³/mol. The fourth-order valence-electron chi connectivity index (χ4n) is 4.19. The standard InChI is InChI=1S/C27H20Cl2N2O5S/c1-14-22(26(33)35-3)24(15-7-9-16(34-2)10-8-15)31-25(32)21(37-27(31)30-14)13-17-11-12-20(36-17)18-5-4-6-19(28)23(18)29/h4-13,24H,1-3H3/b21-13+. The van der Waals surface area contributed by atoms with Crippen molar-refractivity contribution in [2.45, 2.75) is 13.0 Å². The maximum absolute atomic E-state index is 13.7. The van der Waals surface area contributed by atoms with Crippen molar-refractivity contribution < 1.29 is 18.7 Å². The van der Waals surface area contributed by atoms with Gasteiger partial charge in [-0.1, -0.05) is 52.7 Å². The number of thiazole rings is 1. The average Bonchev–Trinajstić information content (AvgIpc) is 3.48. The summed E-state index contributed by atoms with van der Waals surface area (Å²) in [6.07, 6.45) is 1.65. The zero-order chi connectivity index (χ0) is 26.3. The van der Waals surface area contributed by atoms with Crippen molar-refractivity contribution in [3.8, 4) is 17.1 Å². The van der Waals surface area contributed by atoms with Crippen molar-refractivity contribution in [2.24, 2.45) is 4.99 Å². The highest BCUT2D eigenvalue weighted by atomic mass is 35.5. The molecule has 1 atom stereocenters. The van der Waals surface area contributed by atoms with Gasteiger partial charge in [0.25, 0.3) is 5.56 Å². The number of halogens is 2. The van der Waals surface area contributed by atoms with E-state index in [1.165, 1.54) is 23.0 Å². The Morgan fingerprint density at radius 3 is 2.57 bits per heavy atom. The summed E-state index contributed by atoms with van der Waals surface area (Å²) in [6, 6.07) is 15.3. The van der Waals surface area contributed by atoms with Crippen molar-refractivity contribution in [3.05, 3.63) is 107 Å². The topological polar surface area (TPSA) is 83.0 Å². The first-order valence-electron chi connectivity index (χ1n) is 11.1. The molecule has 2 aromatic heterocycles. The Labute approximate surface area is 225 Å². The molecule has 0 amide bonds. The molecule has 188 valence electrons. The van der Waals surface area contributed by atoms with E-state index in [1.54, 1.807) is 62.6 Å². The third-order valence-electron chi connectivity index (χ3n) is 5.98. The number of nitrogens with zero attached hydrogens (tertiary/aromatic N) is 2. The van der Waals surface area contributed by atoms with Crippen molar-refractivity contribution in [1.29, 1.82) is 0 Å². The number of hydrogen-bond donors (Lipinski definition) is 0. The second kappa shape index (κ2) is 10.0. The summed E-state index contributed by atoms with van der Waals surface area (Å²) in [4.78, 5) is 31.5. The quantitative estimate of drug-likeness (QED) is 0.325. The number of fused-ring (bicyclic) bond motifs is 1. The van der Waals surface area contributed by atoms with Crippen molar-refractivity contribution in [3.63, 3.8) is 0 Å². The van der Waals surface area contributed by atoms with Crippen LogP contribution < -0.4 is 19.6 Å². The first kappa shape index (κ1) is 25.1. The van der Waals surface area contributed by atoms with Gasteiger partial charge in [0.2, 0.25) is 0 Å². The SMILES string of the molecule is COC(=O)C1=C(C)N=c2s/c(=C/c3ccc(-c4cccc(Cl)c4Cl)o3)c(=O)n2C1c1ccc(OC)cc1. The maximum Gasteiger partial charge on any atom is 0.338 e. The number of ether oxygens (including phenoxy) is 2. The highest BCUT2D eigenvalue weighted by Crippen LogP contribution is 2.35. The molecule has 0 aliphatic carbocycles. The summed E-state index contributed by atoms with van der Waals surface area (Å²) in [5, 5.41) is 0.801. The van der Waals surface area contributed by atoms with E-state index in [2.05, 4.69) is 4.99 Å². The molecule has 37 heavy (non-hydrogen) atoms. The fraction of sp³-hybridized carbons (Fsp3) is 0.148. The van der Waals surface area contributed by atoms with Gasteiger partial charge in [0.1, 0.15) is 17.3 Å². The first-order valence-corrected chi connectivity index (χ1v) is 12.7. The molecular formula is C27H20Cl2N2O5S. The molecule has 1 aliphatic rings. The van der Waals surface area contributed by atoms with Crippen LogP contribution in [0.15, 0.2) is 80.1 Å². The molecule has 7 nitrogen and oxygen atoms in total. The molecule has 0 saturated heterocycles. The van der Waals surface area contributed by atoms with E-state index < -0.39 is 12.0 Å². The van der Waals surface area contributed by atoms with E-state index in [1.807, 2.05) is 12.1 Å². The summed E-state index contributed by atoms with van der Waals surface area (Å²) >= 11 is 13.7. The molecule has 10 heteroatoms. The van der Waals surface area contributed by atoms with E-state index in [0.29, 0.717) is 53.5 Å². The van der Waals surface area contributed by atoms with Gasteiger partial charge in [-0.25, -0.2) is 9.79 Å². The Balaban J connectivity index is 1.64. The highest BCUT2D eigenvalue weighted by molar-refractivity contribution is 7.07. The molecule has 4 aromatic rings. The number of benzene rings is 2. The molecule has 5 rings (SSSR count). The molecule has 0 bridgehead atoms. The summed E-state index contributed by atoms with van der Waals surface area (Å²) in [5.74, 6) is 1.09. The fourth-order valence-corrected chi connectivity index (χ4v) is 5.61. The molecule has 0 saturated carbocycles. The van der Waals surface area contributed by atoms with Crippen molar-refractivity contribution >= 4 is 46.6 Å². The van der Waals surface area contributed by atoms with Gasteiger partial charge in [-0.2, -0.15) is 0 Å². The summed E-state index contributed by atoms with van der Waals surface area (Å²) in [6.45, 7) is 1.73. The van der Waals surface area contributed by atoms with Gasteiger partial charge in [-0.05, 0) is 48.9 Å². The molecule has 1 unspecified atom stereocenters. The van der Waals surface area contributed by atoms with Crippen LogP contribution in [0.5, 0.6) is 5.75 Å². The summed E-state index contributed by atoms with van der Waals surface area (Å²) in [7, 11) is 2.88. The van der Waals surface area contributed by atoms with Gasteiger partial charge in [0.05, 0.1) is 46.1 Å². The Morgan fingerprint density at radius 2 is 1.86 bits per heavy atom. The number of hydrogen-bond acceptors (Lipinski definition) is 7. The number of aromatic nitrogens is 1. The van der Waals surface area contributed by atoms with Crippen LogP contribution >= 0.6 is 34.5 Å². The van der Waals surface area contributed by atoms with Crippen LogP contribution in [0, 0.1) is 0 Å². The third-order valence-corrected chi connectivity index (χ3v) is 7.78. The lowest BCUT2D eigenvalue weighted by Crippen LogP contribution is -2.39. The second-order valence-corrected chi connectivity index (χ2v) is 9.94. The smallest absolute Gasteiger partial charge is 0.338 e. The zero-order valence-electron chi connectivity index (χ0n) is 20.0. The van der Waals surface area contributed by atoms with Crippen LogP contribution in [0.25, 0.3) is 17.4 Å². The molecule has 0 radical (unpaired) electrons. The number of allylic oxidation sites excluding steroid dienone is 1. The number of esters is 1. The molecular weight excluding hydrogens is 535 g/mol. The van der Waals surface area contributed by atoms with Gasteiger partial charge < -0.3 is 13.9 Å². The van der Waals surface area contributed by atoms with Gasteiger partial charge in [-0.3, -0.25) is 9.36 Å². The van der Waals surface area contributed by atoms with E-state index >= 15 is 0 Å². The minimum Gasteiger partial charge on any atom is -0.497 e. The molecule has 0 spiro atoms. The summed E-state index contributed by atoms with van der Waals surface area (Å²) < 4.78 is 18.2. The predicted octanol–water partition coefficient (Wildman–Crippen LogP) is 4.98. The van der Waals surface area contributed by atoms with Gasteiger partial charge in [0, 0.05) is 11.6 Å². The third kappa shape index (κ3) is 4.52. The Kier molecular flexibility index (Phi) is 6.81. The lowest BCUT2D eigenvalue weighted by atomic mass is 9.96. The molecule has 0 N–H and O–H groups in total. The second-order valence-electron chi connectivity index (χ2n) is 8.15. The van der Waals surface area contributed by atoms with Gasteiger partial charge >= 0.3 is 5.97 Å². The largest absolute Gasteiger partial charge is 0.497 e. The van der Waals surface area contributed by atoms with E-state index in [-0.39, 0.29) is 5.56 Å². The Morgan fingerprint density at radius 1 is 1.11 bits per heavy atom. The number of carbonyl (C=O) groups excluding carboxylic acids is 1. The monoisotopic (exact) mass is 554 g/mol. The first-order chi connectivity index (χ1) is 17.8. The van der Waals surface area contributed by atoms with Gasteiger partial charge in [0.15, 0.2) is 4.80 Å². The summed E-state index contributed by atoms with van der Waals surface area (Å²) in [5.41, 5.74) is 1.84.